The predicted molar refractivity (Wildman–Crippen MR) is 71.1 cm³/mol. The van der Waals surface area contributed by atoms with Crippen molar-refractivity contribution in [3.05, 3.63) is 38.4 Å². The van der Waals surface area contributed by atoms with Gasteiger partial charge in [0.05, 0.1) is 18.0 Å². The average Bonchev–Trinajstić information content (AvgIpc) is 2.29. The van der Waals surface area contributed by atoms with Gasteiger partial charge in [-0.2, -0.15) is 0 Å². The lowest BCUT2D eigenvalue weighted by molar-refractivity contribution is -0.384. The van der Waals surface area contributed by atoms with Gasteiger partial charge in [0.1, 0.15) is 5.02 Å². The van der Waals surface area contributed by atoms with Crippen molar-refractivity contribution in [2.75, 3.05) is 6.61 Å². The lowest BCUT2D eigenvalue weighted by Gasteiger charge is -2.08. The van der Waals surface area contributed by atoms with E-state index in [1.807, 2.05) is 0 Å². The number of carbonyl (C=O) groups is 1. The fourth-order valence-corrected chi connectivity index (χ4v) is 2.22. The van der Waals surface area contributed by atoms with Gasteiger partial charge in [0.2, 0.25) is 0 Å². The van der Waals surface area contributed by atoms with Crippen molar-refractivity contribution in [3.8, 4) is 0 Å². The number of ether oxygens (including phenoxy) is 1. The number of nitrogens with zero attached hydrogens (tertiary/aromatic N) is 1. The predicted octanol–water partition coefficient (Wildman–Crippen LogP) is 3.25. The molecule has 0 aliphatic carbocycles. The van der Waals surface area contributed by atoms with Gasteiger partial charge in [0, 0.05) is 11.4 Å². The second-order valence-corrected chi connectivity index (χ2v) is 4.41. The van der Waals surface area contributed by atoms with Crippen LogP contribution < -0.4 is 0 Å². The molecule has 0 atom stereocenters. The van der Waals surface area contributed by atoms with Gasteiger partial charge in [-0.1, -0.05) is 27.5 Å². The number of hydrogen-bond acceptors (Lipinski definition) is 4. The Balaban J connectivity index is 3.09. The van der Waals surface area contributed by atoms with E-state index in [4.69, 9.17) is 16.3 Å². The first-order chi connectivity index (χ1) is 8.49. The summed E-state index contributed by atoms with van der Waals surface area (Å²) in [4.78, 5) is 21.6. The standard InChI is InChI=1S/C11H11BrClNO4/c1-2-18-11(15)5-7-3-9(13)10(14(16)17)4-8(7)6-12/h3-4H,2,5-6H2,1H3. The normalized spacial score (nSPS) is 10.2. The van der Waals surface area contributed by atoms with Gasteiger partial charge >= 0.3 is 5.97 Å². The SMILES string of the molecule is CCOC(=O)Cc1cc(Cl)c([N+](=O)[O-])cc1CBr. The Hall–Kier alpha value is -1.14. The van der Waals surface area contributed by atoms with E-state index in [9.17, 15) is 14.9 Å². The number of esters is 1. The summed E-state index contributed by atoms with van der Waals surface area (Å²) in [6, 6.07) is 2.80. The first kappa shape index (κ1) is 14.9. The second kappa shape index (κ2) is 6.70. The van der Waals surface area contributed by atoms with E-state index in [0.717, 1.165) is 0 Å². The van der Waals surface area contributed by atoms with Crippen molar-refractivity contribution in [2.45, 2.75) is 18.7 Å². The number of alkyl halides is 1. The smallest absolute Gasteiger partial charge is 0.310 e. The van der Waals surface area contributed by atoms with Crippen LogP contribution in [0, 0.1) is 10.1 Å². The Morgan fingerprint density at radius 3 is 2.67 bits per heavy atom. The van der Waals surface area contributed by atoms with Crippen LogP contribution in [0.3, 0.4) is 0 Å². The maximum Gasteiger partial charge on any atom is 0.310 e. The lowest BCUT2D eigenvalue weighted by Crippen LogP contribution is -2.09. The molecule has 18 heavy (non-hydrogen) atoms. The molecule has 0 N–H and O–H groups in total. The molecule has 0 aromatic heterocycles. The van der Waals surface area contributed by atoms with Gasteiger partial charge in [-0.3, -0.25) is 14.9 Å². The van der Waals surface area contributed by atoms with E-state index < -0.39 is 4.92 Å². The molecule has 1 rings (SSSR count). The van der Waals surface area contributed by atoms with E-state index in [1.165, 1.54) is 12.1 Å². The Morgan fingerprint density at radius 1 is 1.50 bits per heavy atom. The number of hydrogen-bond donors (Lipinski definition) is 0. The van der Waals surface area contributed by atoms with Crippen molar-refractivity contribution in [1.29, 1.82) is 0 Å². The maximum atomic E-state index is 11.4. The van der Waals surface area contributed by atoms with E-state index in [2.05, 4.69) is 15.9 Å². The Bertz CT molecular complexity index is 478. The van der Waals surface area contributed by atoms with Gasteiger partial charge in [-0.05, 0) is 24.1 Å². The molecule has 5 nitrogen and oxygen atoms in total. The molecule has 98 valence electrons. The largest absolute Gasteiger partial charge is 0.466 e. The molecule has 1 aromatic rings. The van der Waals surface area contributed by atoms with Crippen LogP contribution in [0.25, 0.3) is 0 Å². The van der Waals surface area contributed by atoms with Crippen LogP contribution in [0.5, 0.6) is 0 Å². The third-order valence-corrected chi connectivity index (χ3v) is 3.16. The van der Waals surface area contributed by atoms with E-state index in [0.29, 0.717) is 23.1 Å². The van der Waals surface area contributed by atoms with Crippen LogP contribution in [0.1, 0.15) is 18.1 Å². The molecule has 0 spiro atoms. The minimum absolute atomic E-state index is 0.0176. The third-order valence-electron chi connectivity index (χ3n) is 2.25. The van der Waals surface area contributed by atoms with Gasteiger partial charge in [-0.15, -0.1) is 0 Å². The molecule has 0 heterocycles. The summed E-state index contributed by atoms with van der Waals surface area (Å²) >= 11 is 9.03. The number of rotatable bonds is 5. The summed E-state index contributed by atoms with van der Waals surface area (Å²) in [6.45, 7) is 2.01. The fraction of sp³-hybridized carbons (Fsp3) is 0.364. The summed E-state index contributed by atoms with van der Waals surface area (Å²) in [6.07, 6.45) is 0.0481. The molecule has 0 saturated heterocycles. The van der Waals surface area contributed by atoms with Crippen LogP contribution in [-0.4, -0.2) is 17.5 Å². The van der Waals surface area contributed by atoms with Crippen molar-refractivity contribution in [1.82, 2.24) is 0 Å². The molecule has 0 saturated carbocycles. The zero-order valence-electron chi connectivity index (χ0n) is 9.61. The van der Waals surface area contributed by atoms with E-state index in [-0.39, 0.29) is 23.1 Å². The Morgan fingerprint density at radius 2 is 2.17 bits per heavy atom. The highest BCUT2D eigenvalue weighted by Crippen LogP contribution is 2.29. The monoisotopic (exact) mass is 335 g/mol. The average molecular weight is 337 g/mol. The third kappa shape index (κ3) is 3.68. The summed E-state index contributed by atoms with van der Waals surface area (Å²) in [5.74, 6) is -0.385. The van der Waals surface area contributed by atoms with Crippen LogP contribution in [0.4, 0.5) is 5.69 Å². The number of carbonyl (C=O) groups excluding carboxylic acids is 1. The summed E-state index contributed by atoms with van der Waals surface area (Å²) in [5.41, 5.74) is 1.11. The molecule has 0 bridgehead atoms. The second-order valence-electron chi connectivity index (χ2n) is 3.44. The van der Waals surface area contributed by atoms with Crippen molar-refractivity contribution in [3.63, 3.8) is 0 Å². The molecule has 0 aliphatic heterocycles. The number of halogens is 2. The summed E-state index contributed by atoms with van der Waals surface area (Å²) < 4.78 is 4.83. The quantitative estimate of drug-likeness (QED) is 0.358. The topological polar surface area (TPSA) is 69.4 Å². The minimum Gasteiger partial charge on any atom is -0.466 e. The van der Waals surface area contributed by atoms with Crippen molar-refractivity contribution >= 4 is 39.2 Å². The summed E-state index contributed by atoms with van der Waals surface area (Å²) in [5, 5.41) is 11.2. The van der Waals surface area contributed by atoms with Crippen molar-refractivity contribution < 1.29 is 14.5 Å². The van der Waals surface area contributed by atoms with Gasteiger partial charge in [-0.25, -0.2) is 0 Å². The maximum absolute atomic E-state index is 11.4. The highest BCUT2D eigenvalue weighted by Gasteiger charge is 2.18. The zero-order valence-corrected chi connectivity index (χ0v) is 12.0. The van der Waals surface area contributed by atoms with Gasteiger partial charge in [0.25, 0.3) is 5.69 Å². The van der Waals surface area contributed by atoms with E-state index in [1.54, 1.807) is 6.92 Å². The highest BCUT2D eigenvalue weighted by molar-refractivity contribution is 9.08. The molecular weight excluding hydrogens is 325 g/mol. The molecule has 0 aliphatic rings. The van der Waals surface area contributed by atoms with Crippen LogP contribution in [0.2, 0.25) is 5.02 Å². The number of nitro benzene ring substituents is 1. The minimum atomic E-state index is -0.553. The van der Waals surface area contributed by atoms with E-state index >= 15 is 0 Å². The van der Waals surface area contributed by atoms with Crippen LogP contribution >= 0.6 is 27.5 Å². The van der Waals surface area contributed by atoms with Crippen LogP contribution in [0.15, 0.2) is 12.1 Å². The molecule has 1 aromatic carbocycles. The number of nitro groups is 1. The molecule has 0 fully saturated rings. The molecule has 0 radical (unpaired) electrons. The zero-order chi connectivity index (χ0) is 13.7. The number of benzene rings is 1. The highest BCUT2D eigenvalue weighted by atomic mass is 79.9. The fourth-order valence-electron chi connectivity index (χ4n) is 1.44. The summed E-state index contributed by atoms with van der Waals surface area (Å²) in [7, 11) is 0. The molecule has 0 amide bonds. The van der Waals surface area contributed by atoms with Crippen LogP contribution in [-0.2, 0) is 21.3 Å². The first-order valence-corrected chi connectivity index (χ1v) is 6.66. The molecule has 7 heteroatoms. The molecule has 0 unspecified atom stereocenters. The van der Waals surface area contributed by atoms with Gasteiger partial charge < -0.3 is 4.74 Å². The lowest BCUT2D eigenvalue weighted by atomic mass is 10.0. The Kier molecular flexibility index (Phi) is 5.55. The Labute approximate surface area is 117 Å². The molecular formula is C11H11BrClNO4. The first-order valence-electron chi connectivity index (χ1n) is 5.16. The van der Waals surface area contributed by atoms with Gasteiger partial charge in [0.15, 0.2) is 0 Å². The van der Waals surface area contributed by atoms with Crippen molar-refractivity contribution in [2.24, 2.45) is 0 Å².